The molecule has 2 N–H and O–H groups in total. The Morgan fingerprint density at radius 3 is 2.75 bits per heavy atom. The van der Waals surface area contributed by atoms with Gasteiger partial charge in [0.1, 0.15) is 5.75 Å². The second kappa shape index (κ2) is 6.02. The Morgan fingerprint density at radius 2 is 2.25 bits per heavy atom. The van der Waals surface area contributed by atoms with Crippen LogP contribution in [0, 0.1) is 5.92 Å². The molecule has 0 bridgehead atoms. The van der Waals surface area contributed by atoms with E-state index in [2.05, 4.69) is 5.32 Å². The number of hydrogen-bond donors (Lipinski definition) is 2. The maximum Gasteiger partial charge on any atom is 0.224 e. The van der Waals surface area contributed by atoms with Crippen LogP contribution in [0.3, 0.4) is 0 Å². The molecule has 4 nitrogen and oxygen atoms in total. The third kappa shape index (κ3) is 3.44. The molecule has 1 aromatic rings. The minimum Gasteiger partial charge on any atom is -0.497 e. The van der Waals surface area contributed by atoms with E-state index in [4.69, 9.17) is 16.3 Å². The number of benzene rings is 1. The predicted molar refractivity (Wildman–Crippen MR) is 78.1 cm³/mol. The van der Waals surface area contributed by atoms with E-state index in [0.29, 0.717) is 16.7 Å². The quantitative estimate of drug-likeness (QED) is 0.846. The standard InChI is InChI=1S/C15H20ClNO3/c1-15(9-18,11-4-5-11)17-14(19)7-10-3-6-12(20-2)8-13(10)16/h3,6,8,11,18H,4-5,7,9H2,1-2H3,(H,17,19). The molecule has 1 amide bonds. The first-order valence-electron chi connectivity index (χ1n) is 6.73. The van der Waals surface area contributed by atoms with Crippen LogP contribution in [0.15, 0.2) is 18.2 Å². The molecule has 2 rings (SSSR count). The molecule has 0 saturated heterocycles. The van der Waals surface area contributed by atoms with Crippen molar-refractivity contribution in [3.05, 3.63) is 28.8 Å². The van der Waals surface area contributed by atoms with Gasteiger partial charge in [0.05, 0.1) is 25.7 Å². The van der Waals surface area contributed by atoms with E-state index in [1.807, 2.05) is 6.92 Å². The van der Waals surface area contributed by atoms with Crippen molar-refractivity contribution in [3.8, 4) is 5.75 Å². The largest absolute Gasteiger partial charge is 0.497 e. The van der Waals surface area contributed by atoms with E-state index in [0.717, 1.165) is 18.4 Å². The Bertz CT molecular complexity index is 502. The fourth-order valence-corrected chi connectivity index (χ4v) is 2.56. The van der Waals surface area contributed by atoms with Crippen molar-refractivity contribution in [1.29, 1.82) is 0 Å². The van der Waals surface area contributed by atoms with Crippen molar-refractivity contribution in [3.63, 3.8) is 0 Å². The Labute approximate surface area is 124 Å². The van der Waals surface area contributed by atoms with Crippen LogP contribution in [-0.4, -0.2) is 30.3 Å². The van der Waals surface area contributed by atoms with Crippen LogP contribution < -0.4 is 10.1 Å². The number of carbonyl (C=O) groups is 1. The number of halogens is 1. The third-order valence-electron chi connectivity index (χ3n) is 3.84. The molecule has 0 radical (unpaired) electrons. The Kier molecular flexibility index (Phi) is 4.55. The van der Waals surface area contributed by atoms with Gasteiger partial charge in [-0.05, 0) is 43.4 Å². The molecule has 1 aliphatic rings. The molecule has 1 aliphatic carbocycles. The first-order valence-corrected chi connectivity index (χ1v) is 7.10. The number of aliphatic hydroxyl groups is 1. The van der Waals surface area contributed by atoms with Gasteiger partial charge < -0.3 is 15.2 Å². The molecule has 110 valence electrons. The van der Waals surface area contributed by atoms with Crippen LogP contribution in [0.4, 0.5) is 0 Å². The zero-order valence-corrected chi connectivity index (χ0v) is 12.5. The summed E-state index contributed by atoms with van der Waals surface area (Å²) < 4.78 is 5.07. The van der Waals surface area contributed by atoms with Crippen molar-refractivity contribution < 1.29 is 14.6 Å². The van der Waals surface area contributed by atoms with Crippen molar-refractivity contribution in [1.82, 2.24) is 5.32 Å². The van der Waals surface area contributed by atoms with E-state index in [1.54, 1.807) is 25.3 Å². The topological polar surface area (TPSA) is 58.6 Å². The van der Waals surface area contributed by atoms with Gasteiger partial charge in [-0.1, -0.05) is 17.7 Å². The number of methoxy groups -OCH3 is 1. The molecule has 0 aromatic heterocycles. The summed E-state index contributed by atoms with van der Waals surface area (Å²) in [7, 11) is 1.57. The summed E-state index contributed by atoms with van der Waals surface area (Å²) in [6, 6.07) is 5.26. The van der Waals surface area contributed by atoms with Gasteiger partial charge in [-0.2, -0.15) is 0 Å². The first-order chi connectivity index (χ1) is 9.48. The summed E-state index contributed by atoms with van der Waals surface area (Å²) in [4.78, 5) is 12.1. The van der Waals surface area contributed by atoms with Crippen LogP contribution >= 0.6 is 11.6 Å². The minimum absolute atomic E-state index is 0.0419. The maximum atomic E-state index is 12.1. The average Bonchev–Trinajstić information content (AvgIpc) is 3.25. The Hall–Kier alpha value is -1.26. The summed E-state index contributed by atoms with van der Waals surface area (Å²) >= 11 is 6.12. The number of ether oxygens (including phenoxy) is 1. The van der Waals surface area contributed by atoms with Gasteiger partial charge >= 0.3 is 0 Å². The molecule has 0 aliphatic heterocycles. The highest BCUT2D eigenvalue weighted by atomic mass is 35.5. The number of nitrogens with one attached hydrogen (secondary N) is 1. The Morgan fingerprint density at radius 1 is 1.55 bits per heavy atom. The van der Waals surface area contributed by atoms with Crippen LogP contribution in [0.5, 0.6) is 5.75 Å². The lowest BCUT2D eigenvalue weighted by Crippen LogP contribution is -2.51. The van der Waals surface area contributed by atoms with Gasteiger partial charge in [-0.3, -0.25) is 4.79 Å². The molecule has 1 fully saturated rings. The highest BCUT2D eigenvalue weighted by Gasteiger charge is 2.42. The Balaban J connectivity index is 2.00. The molecule has 1 aromatic carbocycles. The molecule has 1 unspecified atom stereocenters. The van der Waals surface area contributed by atoms with Crippen molar-refractivity contribution in [2.24, 2.45) is 5.92 Å². The maximum absolute atomic E-state index is 12.1. The summed E-state index contributed by atoms with van der Waals surface area (Å²) in [5.74, 6) is 0.917. The summed E-state index contributed by atoms with van der Waals surface area (Å²) in [5.41, 5.74) is 0.233. The molecular formula is C15H20ClNO3. The highest BCUT2D eigenvalue weighted by molar-refractivity contribution is 6.31. The number of carbonyl (C=O) groups excluding carboxylic acids is 1. The van der Waals surface area contributed by atoms with Gasteiger partial charge in [-0.25, -0.2) is 0 Å². The molecular weight excluding hydrogens is 278 g/mol. The van der Waals surface area contributed by atoms with Crippen molar-refractivity contribution in [2.45, 2.75) is 31.7 Å². The van der Waals surface area contributed by atoms with Gasteiger partial charge in [0.25, 0.3) is 0 Å². The van der Waals surface area contributed by atoms with Gasteiger partial charge in [-0.15, -0.1) is 0 Å². The van der Waals surface area contributed by atoms with E-state index in [-0.39, 0.29) is 18.9 Å². The summed E-state index contributed by atoms with van der Waals surface area (Å²) in [6.07, 6.45) is 2.31. The zero-order chi connectivity index (χ0) is 14.8. The summed E-state index contributed by atoms with van der Waals surface area (Å²) in [6.45, 7) is 1.85. The molecule has 0 heterocycles. The van der Waals surface area contributed by atoms with E-state index in [9.17, 15) is 9.90 Å². The fourth-order valence-electron chi connectivity index (χ4n) is 2.33. The van der Waals surface area contributed by atoms with Gasteiger partial charge in [0.2, 0.25) is 5.91 Å². The van der Waals surface area contributed by atoms with Gasteiger partial charge in [0.15, 0.2) is 0 Å². The number of rotatable bonds is 6. The predicted octanol–water partition coefficient (Wildman–Crippen LogP) is 2.17. The van der Waals surface area contributed by atoms with Crippen LogP contribution in [-0.2, 0) is 11.2 Å². The van der Waals surface area contributed by atoms with Crippen LogP contribution in [0.1, 0.15) is 25.3 Å². The van der Waals surface area contributed by atoms with E-state index >= 15 is 0 Å². The fraction of sp³-hybridized carbons (Fsp3) is 0.533. The number of amides is 1. The highest BCUT2D eigenvalue weighted by Crippen LogP contribution is 2.39. The number of aliphatic hydroxyl groups excluding tert-OH is 1. The molecule has 0 spiro atoms. The molecule has 20 heavy (non-hydrogen) atoms. The third-order valence-corrected chi connectivity index (χ3v) is 4.19. The minimum atomic E-state index is -0.518. The lowest BCUT2D eigenvalue weighted by atomic mass is 9.96. The second-order valence-corrected chi connectivity index (χ2v) is 5.94. The van der Waals surface area contributed by atoms with E-state index < -0.39 is 5.54 Å². The van der Waals surface area contributed by atoms with Gasteiger partial charge in [0, 0.05) is 5.02 Å². The zero-order valence-electron chi connectivity index (χ0n) is 11.8. The molecule has 1 atom stereocenters. The molecule has 5 heteroatoms. The smallest absolute Gasteiger partial charge is 0.224 e. The monoisotopic (exact) mass is 297 g/mol. The van der Waals surface area contributed by atoms with Crippen LogP contribution in [0.2, 0.25) is 5.02 Å². The SMILES string of the molecule is COc1ccc(CC(=O)NC(C)(CO)C2CC2)c(Cl)c1. The van der Waals surface area contributed by atoms with Crippen molar-refractivity contribution in [2.75, 3.05) is 13.7 Å². The van der Waals surface area contributed by atoms with Crippen LogP contribution in [0.25, 0.3) is 0 Å². The average molecular weight is 298 g/mol. The van der Waals surface area contributed by atoms with Crippen molar-refractivity contribution >= 4 is 17.5 Å². The lowest BCUT2D eigenvalue weighted by Gasteiger charge is -2.28. The van der Waals surface area contributed by atoms with E-state index in [1.165, 1.54) is 0 Å². The number of hydrogen-bond acceptors (Lipinski definition) is 3. The summed E-state index contributed by atoms with van der Waals surface area (Å²) in [5, 5.41) is 12.9. The first kappa shape index (κ1) is 15.1. The molecule has 1 saturated carbocycles. The normalized spacial score (nSPS) is 17.4. The second-order valence-electron chi connectivity index (χ2n) is 5.53. The lowest BCUT2D eigenvalue weighted by molar-refractivity contribution is -0.123.